The molecule has 1 heterocycles. The molecule has 0 spiro atoms. The van der Waals surface area contributed by atoms with Crippen LogP contribution < -0.4 is 5.32 Å². The summed E-state index contributed by atoms with van der Waals surface area (Å²) in [5.74, 6) is 1.46. The molecule has 1 amide bonds. The molecule has 0 fully saturated rings. The molecule has 2 rings (SSSR count). The van der Waals surface area contributed by atoms with Crippen LogP contribution in [0.2, 0.25) is 0 Å². The van der Waals surface area contributed by atoms with Gasteiger partial charge in [0.2, 0.25) is 5.91 Å². The molecule has 1 aliphatic rings. The van der Waals surface area contributed by atoms with Crippen molar-refractivity contribution in [3.8, 4) is 0 Å². The first kappa shape index (κ1) is 15.4. The Morgan fingerprint density at radius 3 is 2.90 bits per heavy atom. The summed E-state index contributed by atoms with van der Waals surface area (Å²) in [5, 5.41) is 12.3. The standard InChI is InChI=1S/C16H23NO2S/c1-11(2)9-13(10-18)17-16(19)15-14-6-4-3-5-12(14)7-8-20-15/h3-6,11,13,15,18H,7-10H2,1-2H3,(H,17,19). The zero-order valence-corrected chi connectivity index (χ0v) is 13.0. The first-order chi connectivity index (χ1) is 9.61. The van der Waals surface area contributed by atoms with Crippen LogP contribution in [0.3, 0.4) is 0 Å². The minimum atomic E-state index is -0.141. The minimum Gasteiger partial charge on any atom is -0.394 e. The van der Waals surface area contributed by atoms with E-state index in [9.17, 15) is 9.90 Å². The highest BCUT2D eigenvalue weighted by atomic mass is 32.2. The number of amides is 1. The van der Waals surface area contributed by atoms with E-state index in [1.807, 2.05) is 18.2 Å². The lowest BCUT2D eigenvalue weighted by atomic mass is 10.00. The summed E-state index contributed by atoms with van der Waals surface area (Å²) in [6.45, 7) is 4.20. The lowest BCUT2D eigenvalue weighted by Gasteiger charge is -2.26. The molecule has 4 heteroatoms. The SMILES string of the molecule is CC(C)CC(CO)NC(=O)C1SCCc2ccccc21. The number of benzene rings is 1. The lowest BCUT2D eigenvalue weighted by Crippen LogP contribution is -2.41. The van der Waals surface area contributed by atoms with Gasteiger partial charge in [0.15, 0.2) is 0 Å². The van der Waals surface area contributed by atoms with Gasteiger partial charge >= 0.3 is 0 Å². The van der Waals surface area contributed by atoms with Gasteiger partial charge in [-0.25, -0.2) is 0 Å². The van der Waals surface area contributed by atoms with Crippen LogP contribution in [-0.2, 0) is 11.2 Å². The predicted octanol–water partition coefficient (Wildman–Crippen LogP) is 2.54. The van der Waals surface area contributed by atoms with E-state index in [0.29, 0.717) is 5.92 Å². The van der Waals surface area contributed by atoms with E-state index >= 15 is 0 Å². The molecule has 1 aliphatic heterocycles. The molecule has 0 bridgehead atoms. The van der Waals surface area contributed by atoms with Gasteiger partial charge in [-0.15, -0.1) is 11.8 Å². The Kier molecular flexibility index (Phi) is 5.49. The highest BCUT2D eigenvalue weighted by Gasteiger charge is 2.28. The van der Waals surface area contributed by atoms with Crippen molar-refractivity contribution in [2.24, 2.45) is 5.92 Å². The topological polar surface area (TPSA) is 49.3 Å². The number of carbonyl (C=O) groups excluding carboxylic acids is 1. The Balaban J connectivity index is 2.06. The number of hydrogen-bond acceptors (Lipinski definition) is 3. The van der Waals surface area contributed by atoms with Crippen LogP contribution in [0.4, 0.5) is 0 Å². The fraction of sp³-hybridized carbons (Fsp3) is 0.562. The van der Waals surface area contributed by atoms with Crippen LogP contribution in [0, 0.1) is 5.92 Å². The number of thioether (sulfide) groups is 1. The van der Waals surface area contributed by atoms with Crippen molar-refractivity contribution < 1.29 is 9.90 Å². The lowest BCUT2D eigenvalue weighted by molar-refractivity contribution is -0.121. The Labute approximate surface area is 125 Å². The van der Waals surface area contributed by atoms with Crippen LogP contribution in [-0.4, -0.2) is 29.4 Å². The van der Waals surface area contributed by atoms with Gasteiger partial charge in [0.1, 0.15) is 5.25 Å². The first-order valence-corrected chi connectivity index (χ1v) is 8.27. The molecule has 1 aromatic carbocycles. The van der Waals surface area contributed by atoms with E-state index in [1.54, 1.807) is 11.8 Å². The summed E-state index contributed by atoms with van der Waals surface area (Å²) in [4.78, 5) is 12.5. The molecule has 0 radical (unpaired) electrons. The zero-order valence-electron chi connectivity index (χ0n) is 12.1. The Morgan fingerprint density at radius 1 is 1.45 bits per heavy atom. The van der Waals surface area contributed by atoms with Crippen molar-refractivity contribution in [2.45, 2.75) is 38.0 Å². The number of carbonyl (C=O) groups is 1. The molecule has 20 heavy (non-hydrogen) atoms. The molecule has 0 aliphatic carbocycles. The zero-order chi connectivity index (χ0) is 14.5. The van der Waals surface area contributed by atoms with Gasteiger partial charge in [-0.1, -0.05) is 38.1 Å². The number of fused-ring (bicyclic) bond motifs is 1. The number of rotatable bonds is 5. The normalized spacial score (nSPS) is 19.5. The van der Waals surface area contributed by atoms with Gasteiger partial charge in [-0.05, 0) is 35.6 Å². The van der Waals surface area contributed by atoms with Gasteiger partial charge < -0.3 is 10.4 Å². The van der Waals surface area contributed by atoms with Gasteiger partial charge in [0.05, 0.1) is 12.6 Å². The fourth-order valence-electron chi connectivity index (χ4n) is 2.64. The predicted molar refractivity (Wildman–Crippen MR) is 83.8 cm³/mol. The summed E-state index contributed by atoms with van der Waals surface area (Å²) in [6.07, 6.45) is 1.83. The number of aryl methyl sites for hydroxylation is 1. The Morgan fingerprint density at radius 2 is 2.20 bits per heavy atom. The second-order valence-electron chi connectivity index (χ2n) is 5.72. The molecular weight excluding hydrogens is 270 g/mol. The Bertz CT molecular complexity index is 462. The monoisotopic (exact) mass is 293 g/mol. The molecule has 0 aromatic heterocycles. The fourth-order valence-corrected chi connectivity index (χ4v) is 3.84. The van der Waals surface area contributed by atoms with Crippen LogP contribution in [0.1, 0.15) is 36.6 Å². The molecule has 2 N–H and O–H groups in total. The van der Waals surface area contributed by atoms with Crippen molar-refractivity contribution in [3.05, 3.63) is 35.4 Å². The summed E-state index contributed by atoms with van der Waals surface area (Å²) in [6, 6.07) is 8.02. The number of aliphatic hydroxyl groups excluding tert-OH is 1. The van der Waals surface area contributed by atoms with Crippen LogP contribution in [0.25, 0.3) is 0 Å². The smallest absolute Gasteiger partial charge is 0.237 e. The quantitative estimate of drug-likeness (QED) is 0.877. The van der Waals surface area contributed by atoms with E-state index in [0.717, 1.165) is 24.2 Å². The van der Waals surface area contributed by atoms with Crippen LogP contribution in [0.5, 0.6) is 0 Å². The van der Waals surface area contributed by atoms with E-state index in [4.69, 9.17) is 0 Å². The summed E-state index contributed by atoms with van der Waals surface area (Å²) < 4.78 is 0. The molecular formula is C16H23NO2S. The van der Waals surface area contributed by atoms with Crippen molar-refractivity contribution in [1.29, 1.82) is 0 Å². The maximum Gasteiger partial charge on any atom is 0.237 e. The van der Waals surface area contributed by atoms with Crippen molar-refractivity contribution in [2.75, 3.05) is 12.4 Å². The van der Waals surface area contributed by atoms with Crippen molar-refractivity contribution in [1.82, 2.24) is 5.32 Å². The molecule has 0 saturated carbocycles. The second kappa shape index (κ2) is 7.14. The van der Waals surface area contributed by atoms with Gasteiger partial charge in [-0.3, -0.25) is 4.79 Å². The number of nitrogens with one attached hydrogen (secondary N) is 1. The molecule has 0 saturated heterocycles. The van der Waals surface area contributed by atoms with Crippen molar-refractivity contribution in [3.63, 3.8) is 0 Å². The van der Waals surface area contributed by atoms with Gasteiger partial charge in [0, 0.05) is 0 Å². The number of hydrogen-bond donors (Lipinski definition) is 2. The van der Waals surface area contributed by atoms with Gasteiger partial charge in [0.25, 0.3) is 0 Å². The summed E-state index contributed by atoms with van der Waals surface area (Å²) in [5.41, 5.74) is 2.40. The maximum absolute atomic E-state index is 12.5. The third-order valence-electron chi connectivity index (χ3n) is 3.55. The van der Waals surface area contributed by atoms with E-state index in [1.165, 1.54) is 5.56 Å². The molecule has 110 valence electrons. The first-order valence-electron chi connectivity index (χ1n) is 7.22. The molecule has 1 aromatic rings. The average Bonchev–Trinajstić information content (AvgIpc) is 2.45. The highest BCUT2D eigenvalue weighted by Crippen LogP contribution is 2.36. The van der Waals surface area contributed by atoms with E-state index in [-0.39, 0.29) is 23.8 Å². The maximum atomic E-state index is 12.5. The third-order valence-corrected chi connectivity index (χ3v) is 4.80. The largest absolute Gasteiger partial charge is 0.394 e. The molecule has 2 atom stereocenters. The van der Waals surface area contributed by atoms with E-state index in [2.05, 4.69) is 25.2 Å². The van der Waals surface area contributed by atoms with Crippen LogP contribution in [0.15, 0.2) is 24.3 Å². The molecule has 2 unspecified atom stereocenters. The highest BCUT2D eigenvalue weighted by molar-refractivity contribution is 8.00. The average molecular weight is 293 g/mol. The number of aliphatic hydroxyl groups is 1. The summed E-state index contributed by atoms with van der Waals surface area (Å²) in [7, 11) is 0. The summed E-state index contributed by atoms with van der Waals surface area (Å²) >= 11 is 1.69. The van der Waals surface area contributed by atoms with Gasteiger partial charge in [-0.2, -0.15) is 0 Å². The van der Waals surface area contributed by atoms with Crippen LogP contribution >= 0.6 is 11.8 Å². The van der Waals surface area contributed by atoms with E-state index < -0.39 is 0 Å². The molecule has 3 nitrogen and oxygen atoms in total. The third kappa shape index (κ3) is 3.76. The van der Waals surface area contributed by atoms with Crippen molar-refractivity contribution >= 4 is 17.7 Å². The Hall–Kier alpha value is -1.00. The minimum absolute atomic E-state index is 0.00293. The second-order valence-corrected chi connectivity index (χ2v) is 6.93.